The molecule has 0 spiro atoms. The Kier molecular flexibility index (Phi) is 3.04. The van der Waals surface area contributed by atoms with Gasteiger partial charge in [0, 0.05) is 22.1 Å². The standard InChI is InChI=1S/C17H15N3S/c1-12-11-21-15-10-6-5-9-14(15)20-16(12)18-19-17(20)13-7-3-2-4-8-13/h2-10,12H,11H2,1H3/t12-/m1/s1. The van der Waals surface area contributed by atoms with Gasteiger partial charge in [-0.3, -0.25) is 4.57 Å². The molecule has 3 aromatic rings. The van der Waals surface area contributed by atoms with Crippen LogP contribution in [0.1, 0.15) is 18.7 Å². The smallest absolute Gasteiger partial charge is 0.168 e. The normalized spacial score (nSPS) is 16.9. The van der Waals surface area contributed by atoms with Gasteiger partial charge < -0.3 is 0 Å². The molecule has 0 saturated carbocycles. The van der Waals surface area contributed by atoms with Gasteiger partial charge in [0.25, 0.3) is 0 Å². The molecule has 3 nitrogen and oxygen atoms in total. The fourth-order valence-electron chi connectivity index (χ4n) is 2.68. The summed E-state index contributed by atoms with van der Waals surface area (Å²) in [6.45, 7) is 2.22. The minimum Gasteiger partial charge on any atom is -0.278 e. The van der Waals surface area contributed by atoms with E-state index in [1.807, 2.05) is 30.0 Å². The van der Waals surface area contributed by atoms with Gasteiger partial charge in [-0.25, -0.2) is 0 Å². The molecule has 0 fully saturated rings. The Bertz CT molecular complexity index is 780. The van der Waals surface area contributed by atoms with Gasteiger partial charge in [0.2, 0.25) is 0 Å². The summed E-state index contributed by atoms with van der Waals surface area (Å²) < 4.78 is 2.22. The number of benzene rings is 2. The molecule has 4 heteroatoms. The molecule has 0 bridgehead atoms. The number of hydrogen-bond acceptors (Lipinski definition) is 3. The number of rotatable bonds is 1. The molecule has 104 valence electrons. The molecule has 1 aliphatic heterocycles. The zero-order valence-electron chi connectivity index (χ0n) is 11.7. The van der Waals surface area contributed by atoms with Crippen molar-refractivity contribution >= 4 is 11.8 Å². The topological polar surface area (TPSA) is 30.7 Å². The van der Waals surface area contributed by atoms with Crippen LogP contribution in [0.4, 0.5) is 0 Å². The summed E-state index contributed by atoms with van der Waals surface area (Å²) in [4.78, 5) is 1.29. The van der Waals surface area contributed by atoms with Crippen molar-refractivity contribution in [1.82, 2.24) is 14.8 Å². The van der Waals surface area contributed by atoms with E-state index in [0.717, 1.165) is 23.0 Å². The number of hydrogen-bond donors (Lipinski definition) is 0. The van der Waals surface area contributed by atoms with Crippen LogP contribution >= 0.6 is 11.8 Å². The number of fused-ring (bicyclic) bond motifs is 3. The van der Waals surface area contributed by atoms with Crippen molar-refractivity contribution in [3.05, 3.63) is 60.4 Å². The first-order valence-electron chi connectivity index (χ1n) is 7.07. The molecular formula is C17H15N3S. The highest BCUT2D eigenvalue weighted by atomic mass is 32.2. The Hall–Kier alpha value is -2.07. The van der Waals surface area contributed by atoms with Crippen LogP contribution in [0.3, 0.4) is 0 Å². The van der Waals surface area contributed by atoms with Gasteiger partial charge in [0.05, 0.1) is 5.69 Å². The second-order valence-electron chi connectivity index (χ2n) is 5.26. The van der Waals surface area contributed by atoms with Crippen molar-refractivity contribution in [2.75, 3.05) is 5.75 Å². The molecule has 1 aliphatic rings. The Morgan fingerprint density at radius 3 is 2.62 bits per heavy atom. The van der Waals surface area contributed by atoms with Gasteiger partial charge in [0.15, 0.2) is 5.82 Å². The number of para-hydroxylation sites is 1. The summed E-state index contributed by atoms with van der Waals surface area (Å²) >= 11 is 1.89. The van der Waals surface area contributed by atoms with Gasteiger partial charge in [-0.05, 0) is 12.1 Å². The molecule has 0 amide bonds. The lowest BCUT2D eigenvalue weighted by Gasteiger charge is -2.11. The molecule has 21 heavy (non-hydrogen) atoms. The average Bonchev–Trinajstić information content (AvgIpc) is 2.93. The summed E-state index contributed by atoms with van der Waals surface area (Å²) in [6, 6.07) is 18.8. The van der Waals surface area contributed by atoms with E-state index in [0.29, 0.717) is 5.92 Å². The lowest BCUT2D eigenvalue weighted by molar-refractivity contribution is 0.760. The predicted molar refractivity (Wildman–Crippen MR) is 85.9 cm³/mol. The highest BCUT2D eigenvalue weighted by Crippen LogP contribution is 2.37. The van der Waals surface area contributed by atoms with E-state index in [-0.39, 0.29) is 0 Å². The van der Waals surface area contributed by atoms with Crippen molar-refractivity contribution in [2.24, 2.45) is 0 Å². The van der Waals surface area contributed by atoms with Crippen LogP contribution in [0.15, 0.2) is 59.5 Å². The van der Waals surface area contributed by atoms with E-state index in [4.69, 9.17) is 0 Å². The molecule has 2 heterocycles. The third kappa shape index (κ3) is 2.07. The summed E-state index contributed by atoms with van der Waals surface area (Å²) in [7, 11) is 0. The average molecular weight is 293 g/mol. The van der Waals surface area contributed by atoms with Crippen LogP contribution in [-0.2, 0) is 0 Å². The third-order valence-corrected chi connectivity index (χ3v) is 5.08. The van der Waals surface area contributed by atoms with Crippen LogP contribution < -0.4 is 0 Å². The highest BCUT2D eigenvalue weighted by molar-refractivity contribution is 7.99. The van der Waals surface area contributed by atoms with Crippen LogP contribution in [0.5, 0.6) is 0 Å². The van der Waals surface area contributed by atoms with Crippen molar-refractivity contribution < 1.29 is 0 Å². The summed E-state index contributed by atoms with van der Waals surface area (Å²) in [5.74, 6) is 3.38. The van der Waals surface area contributed by atoms with Gasteiger partial charge in [-0.15, -0.1) is 22.0 Å². The van der Waals surface area contributed by atoms with E-state index >= 15 is 0 Å². The monoisotopic (exact) mass is 293 g/mol. The number of aromatic nitrogens is 3. The molecule has 1 aromatic heterocycles. The third-order valence-electron chi connectivity index (χ3n) is 3.76. The molecule has 0 saturated heterocycles. The second-order valence-corrected chi connectivity index (χ2v) is 6.32. The zero-order chi connectivity index (χ0) is 14.2. The highest BCUT2D eigenvalue weighted by Gasteiger charge is 2.24. The van der Waals surface area contributed by atoms with E-state index in [1.54, 1.807) is 0 Å². The predicted octanol–water partition coefficient (Wildman–Crippen LogP) is 4.14. The quantitative estimate of drug-likeness (QED) is 0.675. The van der Waals surface area contributed by atoms with Crippen LogP contribution in [0, 0.1) is 0 Å². The van der Waals surface area contributed by atoms with Crippen molar-refractivity contribution in [2.45, 2.75) is 17.7 Å². The minimum atomic E-state index is 0.382. The van der Waals surface area contributed by atoms with Gasteiger partial charge in [-0.1, -0.05) is 49.4 Å². The van der Waals surface area contributed by atoms with Crippen molar-refractivity contribution in [1.29, 1.82) is 0 Å². The molecule has 0 unspecified atom stereocenters. The van der Waals surface area contributed by atoms with E-state index in [1.165, 1.54) is 10.6 Å². The van der Waals surface area contributed by atoms with E-state index in [2.05, 4.69) is 58.1 Å². The maximum atomic E-state index is 4.47. The van der Waals surface area contributed by atoms with Crippen LogP contribution in [-0.4, -0.2) is 20.5 Å². The van der Waals surface area contributed by atoms with Gasteiger partial charge >= 0.3 is 0 Å². The summed E-state index contributed by atoms with van der Waals surface area (Å²) in [5.41, 5.74) is 2.29. The molecule has 0 N–H and O–H groups in total. The maximum Gasteiger partial charge on any atom is 0.168 e. The first kappa shape index (κ1) is 12.7. The van der Waals surface area contributed by atoms with Gasteiger partial charge in [-0.2, -0.15) is 0 Å². The maximum absolute atomic E-state index is 4.47. The Balaban J connectivity index is 2.00. The first-order valence-corrected chi connectivity index (χ1v) is 8.06. The SMILES string of the molecule is C[C@@H]1CSc2ccccc2-n2c(-c3ccccc3)nnc21. The lowest BCUT2D eigenvalue weighted by atomic mass is 10.1. The fourth-order valence-corrected chi connectivity index (χ4v) is 3.74. The Labute approximate surface area is 128 Å². The number of nitrogens with zero attached hydrogens (tertiary/aromatic N) is 3. The summed E-state index contributed by atoms with van der Waals surface area (Å²) in [6.07, 6.45) is 0. The molecular weight excluding hydrogens is 278 g/mol. The zero-order valence-corrected chi connectivity index (χ0v) is 12.5. The van der Waals surface area contributed by atoms with Crippen LogP contribution in [0.25, 0.3) is 17.1 Å². The largest absolute Gasteiger partial charge is 0.278 e. The Morgan fingerprint density at radius 1 is 1.00 bits per heavy atom. The minimum absolute atomic E-state index is 0.382. The first-order chi connectivity index (χ1) is 10.3. The molecule has 2 aromatic carbocycles. The van der Waals surface area contributed by atoms with E-state index < -0.39 is 0 Å². The summed E-state index contributed by atoms with van der Waals surface area (Å²) in [5, 5.41) is 8.94. The second kappa shape index (κ2) is 5.04. The molecule has 4 rings (SSSR count). The van der Waals surface area contributed by atoms with Crippen molar-refractivity contribution in [3.8, 4) is 17.1 Å². The van der Waals surface area contributed by atoms with Gasteiger partial charge in [0.1, 0.15) is 5.82 Å². The van der Waals surface area contributed by atoms with Crippen LogP contribution in [0.2, 0.25) is 0 Å². The molecule has 0 radical (unpaired) electrons. The number of thioether (sulfide) groups is 1. The lowest BCUT2D eigenvalue weighted by Crippen LogP contribution is -2.05. The fraction of sp³-hybridized carbons (Fsp3) is 0.176. The Morgan fingerprint density at radius 2 is 1.76 bits per heavy atom. The van der Waals surface area contributed by atoms with E-state index in [9.17, 15) is 0 Å². The van der Waals surface area contributed by atoms with Crippen molar-refractivity contribution in [3.63, 3.8) is 0 Å². The molecule has 0 aliphatic carbocycles. The molecule has 1 atom stereocenters.